The first-order valence-electron chi connectivity index (χ1n) is 6.01. The molecule has 0 bridgehead atoms. The predicted molar refractivity (Wildman–Crippen MR) is 71.6 cm³/mol. The molecule has 0 saturated carbocycles. The number of nitrogens with two attached hydrogens (primary N) is 1. The highest BCUT2D eigenvalue weighted by atomic mass is 16.4. The number of carboxylic acids is 1. The Balaban J connectivity index is 2.72. The molecule has 1 atom stereocenters. The molecule has 0 radical (unpaired) electrons. The Labute approximate surface area is 106 Å². The summed E-state index contributed by atoms with van der Waals surface area (Å²) in [5, 5.41) is 10.1. The highest BCUT2D eigenvalue weighted by Gasteiger charge is 2.21. The van der Waals surface area contributed by atoms with Gasteiger partial charge in [0.05, 0.1) is 0 Å². The molecule has 18 heavy (non-hydrogen) atoms. The molecule has 0 aliphatic rings. The number of hydrogen-bond donors (Lipinski definition) is 2. The standard InChI is InChI=1S/C14H18N2O2/c1-8(2)16-11-5-4-9(3)6-10(11)7-12(16)13(15)14(17)18/h4-8,13H,15H2,1-3H3,(H,17,18). The summed E-state index contributed by atoms with van der Waals surface area (Å²) in [6, 6.07) is 7.15. The molecular weight excluding hydrogens is 228 g/mol. The highest BCUT2D eigenvalue weighted by Crippen LogP contribution is 2.28. The quantitative estimate of drug-likeness (QED) is 0.874. The molecule has 0 spiro atoms. The van der Waals surface area contributed by atoms with Crippen LogP contribution in [-0.2, 0) is 4.79 Å². The fourth-order valence-electron chi connectivity index (χ4n) is 2.32. The number of benzene rings is 1. The predicted octanol–water partition coefficient (Wildman–Crippen LogP) is 2.62. The topological polar surface area (TPSA) is 68.2 Å². The largest absolute Gasteiger partial charge is 0.480 e. The van der Waals surface area contributed by atoms with Crippen LogP contribution in [0.25, 0.3) is 10.9 Å². The van der Waals surface area contributed by atoms with Crippen LogP contribution in [0, 0.1) is 6.92 Å². The second-order valence-electron chi connectivity index (χ2n) is 4.91. The Bertz CT molecular complexity index is 599. The molecule has 3 N–H and O–H groups in total. The van der Waals surface area contributed by atoms with Crippen LogP contribution in [-0.4, -0.2) is 15.6 Å². The van der Waals surface area contributed by atoms with Crippen LogP contribution >= 0.6 is 0 Å². The van der Waals surface area contributed by atoms with Crippen LogP contribution in [0.15, 0.2) is 24.3 Å². The fraction of sp³-hybridized carbons (Fsp3) is 0.357. The Morgan fingerprint density at radius 2 is 2.00 bits per heavy atom. The maximum atomic E-state index is 11.1. The normalized spacial score (nSPS) is 13.2. The number of aryl methyl sites for hydroxylation is 1. The van der Waals surface area contributed by atoms with Crippen molar-refractivity contribution in [2.24, 2.45) is 5.73 Å². The number of carbonyl (C=O) groups is 1. The summed E-state index contributed by atoms with van der Waals surface area (Å²) in [5.74, 6) is -1.00. The van der Waals surface area contributed by atoms with Gasteiger partial charge in [0.2, 0.25) is 0 Å². The van der Waals surface area contributed by atoms with E-state index in [2.05, 4.69) is 0 Å². The van der Waals surface area contributed by atoms with Gasteiger partial charge >= 0.3 is 5.97 Å². The minimum Gasteiger partial charge on any atom is -0.480 e. The van der Waals surface area contributed by atoms with E-state index in [4.69, 9.17) is 10.8 Å². The number of fused-ring (bicyclic) bond motifs is 1. The minimum absolute atomic E-state index is 0.172. The van der Waals surface area contributed by atoms with E-state index in [9.17, 15) is 4.79 Å². The zero-order chi connectivity index (χ0) is 13.4. The van der Waals surface area contributed by atoms with Gasteiger partial charge in [0.25, 0.3) is 0 Å². The summed E-state index contributed by atoms with van der Waals surface area (Å²) < 4.78 is 1.99. The average molecular weight is 246 g/mol. The first kappa shape index (κ1) is 12.6. The Kier molecular flexibility index (Phi) is 3.13. The van der Waals surface area contributed by atoms with Crippen molar-refractivity contribution in [3.63, 3.8) is 0 Å². The summed E-state index contributed by atoms with van der Waals surface area (Å²) in [5.41, 5.74) is 8.59. The molecule has 0 saturated heterocycles. The third-order valence-corrected chi connectivity index (χ3v) is 3.13. The van der Waals surface area contributed by atoms with Gasteiger partial charge in [-0.3, -0.25) is 4.79 Å². The average Bonchev–Trinajstić information content (AvgIpc) is 2.65. The maximum Gasteiger partial charge on any atom is 0.326 e. The van der Waals surface area contributed by atoms with Crippen molar-refractivity contribution in [1.29, 1.82) is 0 Å². The lowest BCUT2D eigenvalue weighted by atomic mass is 10.1. The van der Waals surface area contributed by atoms with Crippen LogP contribution in [0.3, 0.4) is 0 Å². The maximum absolute atomic E-state index is 11.1. The van der Waals surface area contributed by atoms with Crippen LogP contribution in [0.5, 0.6) is 0 Å². The van der Waals surface area contributed by atoms with E-state index in [1.54, 1.807) is 0 Å². The third-order valence-electron chi connectivity index (χ3n) is 3.13. The smallest absolute Gasteiger partial charge is 0.326 e. The zero-order valence-electron chi connectivity index (χ0n) is 10.8. The molecule has 1 unspecified atom stereocenters. The summed E-state index contributed by atoms with van der Waals surface area (Å²) in [4.78, 5) is 11.1. The van der Waals surface area contributed by atoms with Gasteiger partial charge in [0, 0.05) is 22.6 Å². The minimum atomic E-state index is -1.00. The van der Waals surface area contributed by atoms with Gasteiger partial charge < -0.3 is 15.4 Å². The SMILES string of the molecule is Cc1ccc2c(c1)cc(C(N)C(=O)O)n2C(C)C. The second kappa shape index (κ2) is 4.46. The number of hydrogen-bond acceptors (Lipinski definition) is 2. The van der Waals surface area contributed by atoms with Crippen molar-refractivity contribution >= 4 is 16.9 Å². The van der Waals surface area contributed by atoms with Gasteiger partial charge in [-0.05, 0) is 39.0 Å². The summed E-state index contributed by atoms with van der Waals surface area (Å²) in [6.45, 7) is 6.07. The van der Waals surface area contributed by atoms with Gasteiger partial charge in [-0.2, -0.15) is 0 Å². The van der Waals surface area contributed by atoms with Crippen molar-refractivity contribution in [3.05, 3.63) is 35.5 Å². The second-order valence-corrected chi connectivity index (χ2v) is 4.91. The fourth-order valence-corrected chi connectivity index (χ4v) is 2.32. The molecule has 0 aliphatic heterocycles. The van der Waals surface area contributed by atoms with Crippen LogP contribution in [0.2, 0.25) is 0 Å². The van der Waals surface area contributed by atoms with Crippen molar-refractivity contribution in [1.82, 2.24) is 4.57 Å². The highest BCUT2D eigenvalue weighted by molar-refractivity contribution is 5.85. The Morgan fingerprint density at radius 1 is 1.33 bits per heavy atom. The first-order chi connectivity index (χ1) is 8.41. The van der Waals surface area contributed by atoms with E-state index in [1.165, 1.54) is 0 Å². The zero-order valence-corrected chi connectivity index (χ0v) is 10.8. The molecule has 0 amide bonds. The molecular formula is C14H18N2O2. The van der Waals surface area contributed by atoms with E-state index in [1.807, 2.05) is 49.6 Å². The molecule has 2 aromatic rings. The van der Waals surface area contributed by atoms with Crippen molar-refractivity contribution < 1.29 is 9.90 Å². The first-order valence-corrected chi connectivity index (χ1v) is 6.01. The summed E-state index contributed by atoms with van der Waals surface area (Å²) in [7, 11) is 0. The number of rotatable bonds is 3. The molecule has 4 nitrogen and oxygen atoms in total. The molecule has 4 heteroatoms. The summed E-state index contributed by atoms with van der Waals surface area (Å²) in [6.07, 6.45) is 0. The van der Waals surface area contributed by atoms with Gasteiger partial charge in [0.1, 0.15) is 6.04 Å². The third kappa shape index (κ3) is 1.99. The Hall–Kier alpha value is -1.81. The molecule has 2 rings (SSSR count). The Morgan fingerprint density at radius 3 is 2.56 bits per heavy atom. The van der Waals surface area contributed by atoms with Gasteiger partial charge in [-0.1, -0.05) is 11.6 Å². The monoisotopic (exact) mass is 246 g/mol. The van der Waals surface area contributed by atoms with E-state index < -0.39 is 12.0 Å². The number of aromatic nitrogens is 1. The molecule has 1 heterocycles. The molecule has 0 aliphatic carbocycles. The molecule has 1 aromatic carbocycles. The van der Waals surface area contributed by atoms with E-state index in [0.29, 0.717) is 5.69 Å². The molecule has 0 fully saturated rings. The van der Waals surface area contributed by atoms with E-state index in [-0.39, 0.29) is 6.04 Å². The van der Waals surface area contributed by atoms with Crippen molar-refractivity contribution in [2.75, 3.05) is 0 Å². The van der Waals surface area contributed by atoms with E-state index in [0.717, 1.165) is 16.5 Å². The number of aliphatic carboxylic acids is 1. The van der Waals surface area contributed by atoms with Gasteiger partial charge in [0.15, 0.2) is 0 Å². The van der Waals surface area contributed by atoms with Gasteiger partial charge in [-0.25, -0.2) is 0 Å². The molecule has 96 valence electrons. The van der Waals surface area contributed by atoms with Crippen molar-refractivity contribution in [2.45, 2.75) is 32.9 Å². The molecule has 1 aromatic heterocycles. The van der Waals surface area contributed by atoms with Gasteiger partial charge in [-0.15, -0.1) is 0 Å². The van der Waals surface area contributed by atoms with Crippen LogP contribution in [0.1, 0.15) is 37.2 Å². The lowest BCUT2D eigenvalue weighted by molar-refractivity contribution is -0.138. The number of carboxylic acid groups (broad SMARTS) is 1. The van der Waals surface area contributed by atoms with Crippen molar-refractivity contribution in [3.8, 4) is 0 Å². The number of nitrogens with zero attached hydrogens (tertiary/aromatic N) is 1. The summed E-state index contributed by atoms with van der Waals surface area (Å²) >= 11 is 0. The van der Waals surface area contributed by atoms with E-state index >= 15 is 0 Å². The van der Waals surface area contributed by atoms with Crippen LogP contribution in [0.4, 0.5) is 0 Å². The van der Waals surface area contributed by atoms with Crippen LogP contribution < -0.4 is 5.73 Å². The lowest BCUT2D eigenvalue weighted by Gasteiger charge is -2.17. The lowest BCUT2D eigenvalue weighted by Crippen LogP contribution is -2.24.